The molecule has 0 bridgehead atoms. The maximum Gasteiger partial charge on any atom is 0.313 e. The van der Waals surface area contributed by atoms with Gasteiger partial charge in [-0.15, -0.1) is 0 Å². The molecule has 0 unspecified atom stereocenters. The number of benzene rings is 1. The van der Waals surface area contributed by atoms with E-state index in [1.807, 2.05) is 32.2 Å². The van der Waals surface area contributed by atoms with E-state index in [0.717, 1.165) is 22.2 Å². The highest BCUT2D eigenvalue weighted by molar-refractivity contribution is 5.92. The summed E-state index contributed by atoms with van der Waals surface area (Å²) < 4.78 is 1.78. The molecule has 0 aliphatic heterocycles. The SMILES string of the molecule is Cc1c2c(C(C)(C)C(=O)O)cccc2nn1C. The second-order valence-corrected chi connectivity index (χ2v) is 4.84. The van der Waals surface area contributed by atoms with Crippen LogP contribution in [0.3, 0.4) is 0 Å². The van der Waals surface area contributed by atoms with Crippen molar-refractivity contribution >= 4 is 16.9 Å². The second-order valence-electron chi connectivity index (χ2n) is 4.84. The van der Waals surface area contributed by atoms with Gasteiger partial charge >= 0.3 is 5.97 Å². The van der Waals surface area contributed by atoms with Gasteiger partial charge in [-0.3, -0.25) is 9.48 Å². The Morgan fingerprint density at radius 2 is 2.06 bits per heavy atom. The lowest BCUT2D eigenvalue weighted by Crippen LogP contribution is -2.28. The minimum absolute atomic E-state index is 0.813. The Hall–Kier alpha value is -1.84. The zero-order valence-corrected chi connectivity index (χ0v) is 10.5. The maximum absolute atomic E-state index is 11.4. The summed E-state index contributed by atoms with van der Waals surface area (Å²) in [6.45, 7) is 5.39. The van der Waals surface area contributed by atoms with Crippen LogP contribution in [0.25, 0.3) is 10.9 Å². The first-order chi connectivity index (χ1) is 7.85. The molecule has 0 aliphatic rings. The Kier molecular flexibility index (Phi) is 2.45. The molecule has 0 spiro atoms. The number of rotatable bonds is 2. The Morgan fingerprint density at radius 3 is 2.65 bits per heavy atom. The first-order valence-corrected chi connectivity index (χ1v) is 5.52. The van der Waals surface area contributed by atoms with Crippen LogP contribution in [0.1, 0.15) is 25.1 Å². The second kappa shape index (κ2) is 3.58. The average Bonchev–Trinajstić information content (AvgIpc) is 2.54. The van der Waals surface area contributed by atoms with E-state index in [2.05, 4.69) is 5.10 Å². The zero-order valence-electron chi connectivity index (χ0n) is 10.5. The number of nitrogens with zero attached hydrogens (tertiary/aromatic N) is 2. The van der Waals surface area contributed by atoms with Gasteiger partial charge in [-0.2, -0.15) is 5.10 Å². The van der Waals surface area contributed by atoms with Crippen LogP contribution in [0.15, 0.2) is 18.2 Å². The van der Waals surface area contributed by atoms with E-state index < -0.39 is 11.4 Å². The summed E-state index contributed by atoms with van der Waals surface area (Å²) in [4.78, 5) is 11.4. The van der Waals surface area contributed by atoms with Gasteiger partial charge in [-0.05, 0) is 32.4 Å². The third-order valence-corrected chi connectivity index (χ3v) is 3.36. The van der Waals surface area contributed by atoms with Crippen molar-refractivity contribution in [3.05, 3.63) is 29.5 Å². The fraction of sp³-hybridized carbons (Fsp3) is 0.385. The minimum atomic E-state index is -0.909. The standard InChI is InChI=1S/C13H16N2O2/c1-8-11-9(13(2,3)12(16)17)6-5-7-10(11)14-15(8)4/h5-7H,1-4H3,(H,16,17). The predicted octanol–water partition coefficient (Wildman–Crippen LogP) is 2.24. The quantitative estimate of drug-likeness (QED) is 0.864. The first-order valence-electron chi connectivity index (χ1n) is 5.52. The monoisotopic (exact) mass is 232 g/mol. The van der Waals surface area contributed by atoms with Gasteiger partial charge in [0.15, 0.2) is 0 Å². The largest absolute Gasteiger partial charge is 0.481 e. The van der Waals surface area contributed by atoms with Crippen molar-refractivity contribution in [2.24, 2.45) is 7.05 Å². The lowest BCUT2D eigenvalue weighted by molar-refractivity contribution is -0.142. The number of aliphatic carboxylic acids is 1. The smallest absolute Gasteiger partial charge is 0.313 e. The number of carboxylic acids is 1. The molecule has 4 heteroatoms. The molecular weight excluding hydrogens is 216 g/mol. The molecule has 4 nitrogen and oxygen atoms in total. The van der Waals surface area contributed by atoms with Crippen molar-refractivity contribution in [3.63, 3.8) is 0 Å². The molecule has 0 fully saturated rings. The van der Waals surface area contributed by atoms with Crippen LogP contribution in [0.2, 0.25) is 0 Å². The molecule has 0 aliphatic carbocycles. The van der Waals surface area contributed by atoms with Crippen LogP contribution in [-0.2, 0) is 17.3 Å². The fourth-order valence-electron chi connectivity index (χ4n) is 2.04. The summed E-state index contributed by atoms with van der Waals surface area (Å²) in [6, 6.07) is 5.63. The van der Waals surface area contributed by atoms with Crippen LogP contribution in [-0.4, -0.2) is 20.9 Å². The van der Waals surface area contributed by atoms with Crippen molar-refractivity contribution in [2.75, 3.05) is 0 Å². The number of aryl methyl sites for hydroxylation is 2. The summed E-state index contributed by atoms with van der Waals surface area (Å²) in [5.74, 6) is -0.826. The van der Waals surface area contributed by atoms with Crippen LogP contribution in [0, 0.1) is 6.92 Å². The first kappa shape index (κ1) is 11.6. The highest BCUT2D eigenvalue weighted by Gasteiger charge is 2.32. The lowest BCUT2D eigenvalue weighted by atomic mass is 9.82. The van der Waals surface area contributed by atoms with Crippen molar-refractivity contribution in [2.45, 2.75) is 26.2 Å². The lowest BCUT2D eigenvalue weighted by Gasteiger charge is -2.20. The molecular formula is C13H16N2O2. The van der Waals surface area contributed by atoms with E-state index in [0.29, 0.717) is 0 Å². The molecule has 1 aromatic carbocycles. The van der Waals surface area contributed by atoms with Gasteiger partial charge in [0.05, 0.1) is 10.9 Å². The molecule has 17 heavy (non-hydrogen) atoms. The minimum Gasteiger partial charge on any atom is -0.481 e. The molecule has 0 saturated heterocycles. The van der Waals surface area contributed by atoms with E-state index in [1.165, 1.54) is 0 Å². The molecule has 0 saturated carbocycles. The summed E-state index contributed by atoms with van der Waals surface area (Å²) in [6.07, 6.45) is 0. The van der Waals surface area contributed by atoms with Gasteiger partial charge in [0.1, 0.15) is 0 Å². The van der Waals surface area contributed by atoms with Crippen molar-refractivity contribution in [1.82, 2.24) is 9.78 Å². The zero-order chi connectivity index (χ0) is 12.8. The number of fused-ring (bicyclic) bond motifs is 1. The number of hydrogen-bond acceptors (Lipinski definition) is 2. The predicted molar refractivity (Wildman–Crippen MR) is 66.1 cm³/mol. The molecule has 2 rings (SSSR count). The Bertz CT molecular complexity index is 597. The van der Waals surface area contributed by atoms with Gasteiger partial charge in [0.25, 0.3) is 0 Å². The van der Waals surface area contributed by atoms with Crippen LogP contribution < -0.4 is 0 Å². The van der Waals surface area contributed by atoms with E-state index in [4.69, 9.17) is 0 Å². The van der Waals surface area contributed by atoms with Gasteiger partial charge in [-0.1, -0.05) is 12.1 Å². The maximum atomic E-state index is 11.4. The molecule has 1 heterocycles. The molecule has 90 valence electrons. The Labute approximate surface area is 99.9 Å². The molecule has 0 radical (unpaired) electrons. The third kappa shape index (κ3) is 1.60. The molecule has 0 amide bonds. The fourth-order valence-corrected chi connectivity index (χ4v) is 2.04. The average molecular weight is 232 g/mol. The number of carbonyl (C=O) groups is 1. The molecule has 2 aromatic rings. The highest BCUT2D eigenvalue weighted by Crippen LogP contribution is 2.32. The van der Waals surface area contributed by atoms with Crippen molar-refractivity contribution < 1.29 is 9.90 Å². The van der Waals surface area contributed by atoms with E-state index in [1.54, 1.807) is 18.5 Å². The topological polar surface area (TPSA) is 55.1 Å². The van der Waals surface area contributed by atoms with E-state index >= 15 is 0 Å². The third-order valence-electron chi connectivity index (χ3n) is 3.36. The van der Waals surface area contributed by atoms with E-state index in [-0.39, 0.29) is 0 Å². The van der Waals surface area contributed by atoms with Crippen LogP contribution in [0.5, 0.6) is 0 Å². The summed E-state index contributed by atoms with van der Waals surface area (Å²) in [5.41, 5.74) is 1.74. The van der Waals surface area contributed by atoms with Gasteiger partial charge in [0, 0.05) is 18.1 Å². The van der Waals surface area contributed by atoms with Crippen molar-refractivity contribution in [1.29, 1.82) is 0 Å². The number of hydrogen-bond donors (Lipinski definition) is 1. The van der Waals surface area contributed by atoms with Gasteiger partial charge in [0.2, 0.25) is 0 Å². The van der Waals surface area contributed by atoms with E-state index in [9.17, 15) is 9.90 Å². The number of aromatic nitrogens is 2. The van der Waals surface area contributed by atoms with Crippen LogP contribution >= 0.6 is 0 Å². The summed E-state index contributed by atoms with van der Waals surface area (Å²) in [5, 5.41) is 14.6. The molecule has 0 atom stereocenters. The molecule has 1 aromatic heterocycles. The van der Waals surface area contributed by atoms with Crippen LogP contribution in [0.4, 0.5) is 0 Å². The Morgan fingerprint density at radius 1 is 1.41 bits per heavy atom. The summed E-state index contributed by atoms with van der Waals surface area (Å²) in [7, 11) is 1.87. The van der Waals surface area contributed by atoms with Gasteiger partial charge < -0.3 is 5.11 Å². The highest BCUT2D eigenvalue weighted by atomic mass is 16.4. The van der Waals surface area contributed by atoms with Gasteiger partial charge in [-0.25, -0.2) is 0 Å². The molecule has 1 N–H and O–H groups in total. The summed E-state index contributed by atoms with van der Waals surface area (Å²) >= 11 is 0. The normalized spacial score (nSPS) is 12.0. The van der Waals surface area contributed by atoms with Crippen molar-refractivity contribution in [3.8, 4) is 0 Å². The Balaban J connectivity index is 2.83. The number of carboxylic acid groups (broad SMARTS) is 1.